The van der Waals surface area contributed by atoms with Gasteiger partial charge >= 0.3 is 6.18 Å². The Hall–Kier alpha value is -2.56. The third-order valence-electron chi connectivity index (χ3n) is 4.18. The van der Waals surface area contributed by atoms with Gasteiger partial charge in [-0.05, 0) is 12.1 Å². The van der Waals surface area contributed by atoms with Crippen LogP contribution in [0.3, 0.4) is 0 Å². The Morgan fingerprint density at radius 3 is 2.50 bits per heavy atom. The van der Waals surface area contributed by atoms with Crippen molar-refractivity contribution in [3.8, 4) is 11.5 Å². The van der Waals surface area contributed by atoms with Gasteiger partial charge in [-0.25, -0.2) is 4.98 Å². The van der Waals surface area contributed by atoms with E-state index in [0.717, 1.165) is 9.27 Å². The molecule has 2 aromatic heterocycles. The summed E-state index contributed by atoms with van der Waals surface area (Å²) < 4.78 is 51.5. The molecule has 0 N–H and O–H groups in total. The normalized spacial score (nSPS) is 14.6. The average molecular weight is 385 g/mol. The molecule has 1 aliphatic heterocycles. The lowest BCUT2D eigenvalue weighted by Crippen LogP contribution is -2.35. The first-order chi connectivity index (χ1) is 12.4. The van der Waals surface area contributed by atoms with Crippen LogP contribution in [0.2, 0.25) is 0 Å². The Bertz CT molecular complexity index is 927. The van der Waals surface area contributed by atoms with Crippen LogP contribution in [0.5, 0.6) is 11.5 Å². The Morgan fingerprint density at radius 1 is 1.08 bits per heavy atom. The number of methoxy groups -OCH3 is 2. The van der Waals surface area contributed by atoms with Crippen LogP contribution >= 0.6 is 11.3 Å². The van der Waals surface area contributed by atoms with Gasteiger partial charge in [0.25, 0.3) is 0 Å². The number of anilines is 1. The molecule has 0 saturated carbocycles. The Labute approximate surface area is 150 Å². The summed E-state index contributed by atoms with van der Waals surface area (Å²) in [6, 6.07) is 3.57. The van der Waals surface area contributed by atoms with Crippen LogP contribution in [0.25, 0.3) is 10.2 Å². The first-order valence-corrected chi connectivity index (χ1v) is 8.49. The molecule has 7 nitrogen and oxygen atoms in total. The van der Waals surface area contributed by atoms with Crippen molar-refractivity contribution in [3.63, 3.8) is 0 Å². The molecule has 0 spiro atoms. The minimum atomic E-state index is -4.51. The van der Waals surface area contributed by atoms with Gasteiger partial charge in [0.2, 0.25) is 5.82 Å². The van der Waals surface area contributed by atoms with Gasteiger partial charge in [-0.1, -0.05) is 11.3 Å². The lowest BCUT2D eigenvalue weighted by molar-refractivity contribution is -0.147. The number of hydrogen-bond acceptors (Lipinski definition) is 7. The van der Waals surface area contributed by atoms with Crippen molar-refractivity contribution >= 4 is 26.7 Å². The molecular weight excluding hydrogens is 371 g/mol. The standard InChI is InChI=1S/C15H14F3N5O2S/c1-24-8-3-4-9(25-2)12-11(8)19-14(26-12)22-5-6-23-10(7-22)20-21-13(23)15(16,17)18/h3-4H,5-7H2,1-2H3. The number of alkyl halides is 3. The molecule has 3 aromatic rings. The fourth-order valence-corrected chi connectivity index (χ4v) is 4.04. The number of nitrogens with zero attached hydrogens (tertiary/aromatic N) is 5. The van der Waals surface area contributed by atoms with E-state index in [-0.39, 0.29) is 18.9 Å². The van der Waals surface area contributed by atoms with Crippen LogP contribution in [-0.4, -0.2) is 40.5 Å². The van der Waals surface area contributed by atoms with Crippen LogP contribution in [0.4, 0.5) is 18.3 Å². The number of rotatable bonds is 3. The van der Waals surface area contributed by atoms with E-state index in [4.69, 9.17) is 9.47 Å². The molecule has 0 fully saturated rings. The molecule has 11 heteroatoms. The van der Waals surface area contributed by atoms with Crippen molar-refractivity contribution in [1.29, 1.82) is 0 Å². The average Bonchev–Trinajstić information content (AvgIpc) is 3.24. The van der Waals surface area contributed by atoms with Crippen LogP contribution in [-0.2, 0) is 19.3 Å². The number of benzene rings is 1. The van der Waals surface area contributed by atoms with Gasteiger partial charge < -0.3 is 18.9 Å². The molecular formula is C15H14F3N5O2S. The van der Waals surface area contributed by atoms with E-state index in [9.17, 15) is 13.2 Å². The van der Waals surface area contributed by atoms with E-state index in [1.165, 1.54) is 11.3 Å². The SMILES string of the molecule is COc1ccc(OC)c2sc(N3CCn4c(nnc4C(F)(F)F)C3)nc12. The van der Waals surface area contributed by atoms with E-state index in [1.54, 1.807) is 26.4 Å². The second-order valence-electron chi connectivity index (χ2n) is 5.66. The van der Waals surface area contributed by atoms with Crippen LogP contribution in [0.15, 0.2) is 12.1 Å². The Balaban J connectivity index is 1.70. The van der Waals surface area contributed by atoms with Gasteiger partial charge in [-0.15, -0.1) is 10.2 Å². The molecule has 0 amide bonds. The first-order valence-electron chi connectivity index (χ1n) is 7.68. The Kier molecular flexibility index (Phi) is 3.90. The molecule has 3 heterocycles. The molecule has 0 saturated heterocycles. The molecule has 138 valence electrons. The fourth-order valence-electron chi connectivity index (χ4n) is 2.94. The molecule has 26 heavy (non-hydrogen) atoms. The van der Waals surface area contributed by atoms with Gasteiger partial charge in [0.15, 0.2) is 11.0 Å². The van der Waals surface area contributed by atoms with Gasteiger partial charge in [-0.2, -0.15) is 13.2 Å². The van der Waals surface area contributed by atoms with E-state index >= 15 is 0 Å². The van der Waals surface area contributed by atoms with Crippen LogP contribution in [0, 0.1) is 0 Å². The summed E-state index contributed by atoms with van der Waals surface area (Å²) >= 11 is 1.40. The number of hydrogen-bond donors (Lipinski definition) is 0. The van der Waals surface area contributed by atoms with E-state index in [0.29, 0.717) is 28.7 Å². The van der Waals surface area contributed by atoms with Gasteiger partial charge in [0, 0.05) is 13.1 Å². The van der Waals surface area contributed by atoms with E-state index < -0.39 is 12.0 Å². The summed E-state index contributed by atoms with van der Waals surface area (Å²) in [6.45, 7) is 0.716. The quantitative estimate of drug-likeness (QED) is 0.691. The van der Waals surface area contributed by atoms with E-state index in [1.807, 2.05) is 4.90 Å². The third-order valence-corrected chi connectivity index (χ3v) is 5.31. The van der Waals surface area contributed by atoms with Crippen molar-refractivity contribution in [1.82, 2.24) is 19.7 Å². The molecule has 0 aliphatic carbocycles. The highest BCUT2D eigenvalue weighted by atomic mass is 32.1. The van der Waals surface area contributed by atoms with Crippen LogP contribution < -0.4 is 14.4 Å². The topological polar surface area (TPSA) is 65.3 Å². The van der Waals surface area contributed by atoms with Crippen molar-refractivity contribution in [3.05, 3.63) is 23.8 Å². The maximum atomic E-state index is 13.0. The second-order valence-corrected chi connectivity index (χ2v) is 6.63. The predicted molar refractivity (Wildman–Crippen MR) is 88.8 cm³/mol. The zero-order valence-electron chi connectivity index (χ0n) is 13.9. The minimum absolute atomic E-state index is 0.140. The maximum absolute atomic E-state index is 13.0. The number of fused-ring (bicyclic) bond motifs is 2. The molecule has 0 atom stereocenters. The van der Waals surface area contributed by atoms with E-state index in [2.05, 4.69) is 15.2 Å². The predicted octanol–water partition coefficient (Wildman–Crippen LogP) is 2.94. The van der Waals surface area contributed by atoms with Crippen molar-refractivity contribution in [2.24, 2.45) is 0 Å². The molecule has 1 aliphatic rings. The summed E-state index contributed by atoms with van der Waals surface area (Å²) in [7, 11) is 3.13. The highest BCUT2D eigenvalue weighted by molar-refractivity contribution is 7.22. The molecule has 4 rings (SSSR count). The second kappa shape index (κ2) is 6.01. The van der Waals surface area contributed by atoms with Crippen LogP contribution in [0.1, 0.15) is 11.6 Å². The number of aromatic nitrogens is 4. The summed E-state index contributed by atoms with van der Waals surface area (Å²) in [5.74, 6) is 0.591. The Morgan fingerprint density at radius 2 is 1.81 bits per heavy atom. The number of ether oxygens (including phenoxy) is 2. The first kappa shape index (κ1) is 16.9. The van der Waals surface area contributed by atoms with Crippen molar-refractivity contribution < 1.29 is 22.6 Å². The zero-order chi connectivity index (χ0) is 18.5. The number of thiazole rings is 1. The van der Waals surface area contributed by atoms with Gasteiger partial charge in [-0.3, -0.25) is 0 Å². The fraction of sp³-hybridized carbons (Fsp3) is 0.400. The lowest BCUT2D eigenvalue weighted by atomic mass is 10.3. The minimum Gasteiger partial charge on any atom is -0.495 e. The highest BCUT2D eigenvalue weighted by Gasteiger charge is 2.39. The monoisotopic (exact) mass is 385 g/mol. The molecule has 0 radical (unpaired) electrons. The molecule has 1 aromatic carbocycles. The summed E-state index contributed by atoms with van der Waals surface area (Å²) in [6.07, 6.45) is -4.51. The van der Waals surface area contributed by atoms with Gasteiger partial charge in [0.05, 0.1) is 20.8 Å². The highest BCUT2D eigenvalue weighted by Crippen LogP contribution is 2.41. The third kappa shape index (κ3) is 2.62. The summed E-state index contributed by atoms with van der Waals surface area (Å²) in [4.78, 5) is 6.49. The lowest BCUT2D eigenvalue weighted by Gasteiger charge is -2.27. The summed E-state index contributed by atoms with van der Waals surface area (Å²) in [5, 5.41) is 7.67. The van der Waals surface area contributed by atoms with Crippen molar-refractivity contribution in [2.45, 2.75) is 19.3 Å². The zero-order valence-corrected chi connectivity index (χ0v) is 14.7. The molecule has 0 bridgehead atoms. The van der Waals surface area contributed by atoms with Crippen molar-refractivity contribution in [2.75, 3.05) is 25.7 Å². The maximum Gasteiger partial charge on any atom is 0.451 e. The number of halogens is 3. The van der Waals surface area contributed by atoms with Gasteiger partial charge in [0.1, 0.15) is 21.7 Å². The summed E-state index contributed by atoms with van der Waals surface area (Å²) in [5.41, 5.74) is 0.662. The largest absolute Gasteiger partial charge is 0.495 e. The molecule has 0 unspecified atom stereocenters. The smallest absolute Gasteiger partial charge is 0.451 e.